The largest absolute Gasteiger partial charge is 0.462 e. The summed E-state index contributed by atoms with van der Waals surface area (Å²) in [6.45, 7) is 7.67. The molecule has 0 aliphatic carbocycles. The lowest BCUT2D eigenvalue weighted by molar-refractivity contribution is -0.163. The molecule has 0 spiro atoms. The molecule has 1 unspecified atom stereocenters. The molecule has 394 valence electrons. The molecule has 0 aromatic rings. The maximum absolute atomic E-state index is 12.8. The minimum atomic E-state index is -0.562. The van der Waals surface area contributed by atoms with Gasteiger partial charge in [0, 0.05) is 19.4 Å². The molecule has 0 aliphatic heterocycles. The summed E-state index contributed by atoms with van der Waals surface area (Å²) in [4.78, 5) is 25.5. The topological polar surface area (TPSA) is 61.8 Å². The van der Waals surface area contributed by atoms with Crippen molar-refractivity contribution < 1.29 is 23.8 Å². The van der Waals surface area contributed by atoms with E-state index in [4.69, 9.17) is 14.2 Å². The number of allylic oxidation sites excluding steroid dienone is 12. The van der Waals surface area contributed by atoms with Gasteiger partial charge in [-0.2, -0.15) is 0 Å². The Labute approximate surface area is 423 Å². The van der Waals surface area contributed by atoms with E-state index in [1.165, 1.54) is 180 Å². The minimum Gasteiger partial charge on any atom is -0.462 e. The molecule has 0 aliphatic rings. The number of hydrogen-bond acceptors (Lipinski definition) is 5. The summed E-state index contributed by atoms with van der Waals surface area (Å²) >= 11 is 0. The first-order chi connectivity index (χ1) is 33.6. The Kier molecular flexibility index (Phi) is 56.4. The highest BCUT2D eigenvalue weighted by molar-refractivity contribution is 5.70. The molecular weight excluding hydrogens is 837 g/mol. The van der Waals surface area contributed by atoms with Crippen LogP contribution < -0.4 is 0 Å². The fourth-order valence-corrected chi connectivity index (χ4v) is 8.36. The fourth-order valence-electron chi connectivity index (χ4n) is 8.36. The van der Waals surface area contributed by atoms with Gasteiger partial charge in [-0.15, -0.1) is 0 Å². The van der Waals surface area contributed by atoms with Gasteiger partial charge in [0.25, 0.3) is 0 Å². The van der Waals surface area contributed by atoms with Gasteiger partial charge < -0.3 is 14.2 Å². The second-order valence-corrected chi connectivity index (χ2v) is 19.5. The van der Waals surface area contributed by atoms with Crippen LogP contribution in [0.2, 0.25) is 0 Å². The predicted molar refractivity (Wildman–Crippen MR) is 297 cm³/mol. The van der Waals surface area contributed by atoms with Crippen LogP contribution in [-0.4, -0.2) is 37.9 Å². The molecule has 0 heterocycles. The van der Waals surface area contributed by atoms with Crippen molar-refractivity contribution in [2.75, 3.05) is 19.8 Å². The van der Waals surface area contributed by atoms with E-state index in [0.29, 0.717) is 19.4 Å². The number of hydrogen-bond donors (Lipinski definition) is 0. The van der Waals surface area contributed by atoms with Crippen LogP contribution in [0.3, 0.4) is 0 Å². The van der Waals surface area contributed by atoms with Gasteiger partial charge in [0.15, 0.2) is 6.10 Å². The zero-order valence-corrected chi connectivity index (χ0v) is 45.4. The van der Waals surface area contributed by atoms with Crippen molar-refractivity contribution in [1.82, 2.24) is 0 Å². The van der Waals surface area contributed by atoms with Gasteiger partial charge in [0.1, 0.15) is 6.61 Å². The van der Waals surface area contributed by atoms with Crippen LogP contribution in [0.1, 0.15) is 290 Å². The number of unbranched alkanes of at least 4 members (excludes halogenated alkanes) is 31. The van der Waals surface area contributed by atoms with E-state index in [-0.39, 0.29) is 25.2 Å². The van der Waals surface area contributed by atoms with Gasteiger partial charge in [0.05, 0.1) is 6.61 Å². The first kappa shape index (κ1) is 65.3. The van der Waals surface area contributed by atoms with Crippen molar-refractivity contribution in [3.63, 3.8) is 0 Å². The molecule has 0 rings (SSSR count). The quantitative estimate of drug-likeness (QED) is 0.0345. The third kappa shape index (κ3) is 55.9. The summed E-state index contributed by atoms with van der Waals surface area (Å²) in [5.41, 5.74) is 0. The molecular formula is C63H112O5. The van der Waals surface area contributed by atoms with E-state index in [9.17, 15) is 9.59 Å². The molecule has 0 aromatic carbocycles. The zero-order valence-electron chi connectivity index (χ0n) is 45.4. The lowest BCUT2D eigenvalue weighted by Crippen LogP contribution is -2.30. The van der Waals surface area contributed by atoms with Crippen LogP contribution >= 0.6 is 0 Å². The van der Waals surface area contributed by atoms with Gasteiger partial charge in [-0.25, -0.2) is 0 Å². The average Bonchev–Trinajstić information content (AvgIpc) is 3.34. The van der Waals surface area contributed by atoms with Crippen LogP contribution in [0.15, 0.2) is 72.9 Å². The number of ether oxygens (including phenoxy) is 3. The fraction of sp³-hybridized carbons (Fsp3) is 0.778. The SMILES string of the molecule is CC/C=C\C/C=C\C/C=C\C/C=C\CCCCC(=O)OC(COCCCCCCCCCC/C=C\C/C=C\CCCCC)COC(=O)CCCCCCCCCCCCCCCCCCCCC. The summed E-state index contributed by atoms with van der Waals surface area (Å²) in [5.74, 6) is -0.437. The first-order valence-electron chi connectivity index (χ1n) is 29.5. The summed E-state index contributed by atoms with van der Waals surface area (Å²) in [6, 6.07) is 0. The number of carbonyl (C=O) groups excluding carboxylic acids is 2. The Morgan fingerprint density at radius 2 is 0.662 bits per heavy atom. The highest BCUT2D eigenvalue weighted by Gasteiger charge is 2.17. The van der Waals surface area contributed by atoms with Gasteiger partial charge in [-0.05, 0) is 89.9 Å². The molecule has 0 bridgehead atoms. The van der Waals surface area contributed by atoms with Crippen molar-refractivity contribution in [3.05, 3.63) is 72.9 Å². The van der Waals surface area contributed by atoms with E-state index >= 15 is 0 Å². The molecule has 0 fully saturated rings. The highest BCUT2D eigenvalue weighted by atomic mass is 16.6. The van der Waals surface area contributed by atoms with E-state index in [2.05, 4.69) is 93.7 Å². The summed E-state index contributed by atoms with van der Waals surface area (Å²) < 4.78 is 17.5. The molecule has 0 saturated carbocycles. The lowest BCUT2D eigenvalue weighted by Gasteiger charge is -2.18. The van der Waals surface area contributed by atoms with E-state index < -0.39 is 6.10 Å². The maximum atomic E-state index is 12.8. The summed E-state index contributed by atoms with van der Waals surface area (Å²) in [7, 11) is 0. The standard InChI is InChI=1S/C63H112O5/c1-4-7-10-13-16-19-22-25-28-30-32-33-36-38-41-44-47-50-53-56-62(64)67-60-61(68-63(65)57-54-51-48-45-42-39-35-27-24-21-18-15-12-9-6-3)59-66-58-55-52-49-46-43-40-37-34-31-29-26-23-20-17-14-11-8-5-2/h9,12,17-18,20-21,26-27,29,35,42,45,61H,4-8,10-11,13-16,19,22-25,28,30-34,36-41,43-44,46-60H2,1-3H3/b12-9-,20-17-,21-18-,29-26-,35-27-,45-42-. The first-order valence-corrected chi connectivity index (χ1v) is 29.5. The van der Waals surface area contributed by atoms with Gasteiger partial charge in [-0.3, -0.25) is 9.59 Å². The summed E-state index contributed by atoms with van der Waals surface area (Å²) in [6.07, 6.45) is 76.5. The Morgan fingerprint density at radius 3 is 1.12 bits per heavy atom. The van der Waals surface area contributed by atoms with Crippen molar-refractivity contribution >= 4 is 11.9 Å². The van der Waals surface area contributed by atoms with Crippen LogP contribution in [-0.2, 0) is 23.8 Å². The van der Waals surface area contributed by atoms with Gasteiger partial charge in [0.2, 0.25) is 0 Å². The molecule has 1 atom stereocenters. The molecule has 5 heteroatoms. The molecule has 0 aromatic heterocycles. The average molecular weight is 950 g/mol. The van der Waals surface area contributed by atoms with Crippen molar-refractivity contribution in [3.8, 4) is 0 Å². The Morgan fingerprint density at radius 1 is 0.338 bits per heavy atom. The second-order valence-electron chi connectivity index (χ2n) is 19.5. The Balaban J connectivity index is 4.30. The predicted octanol–water partition coefficient (Wildman–Crippen LogP) is 20.2. The third-order valence-corrected chi connectivity index (χ3v) is 12.7. The normalized spacial score (nSPS) is 12.7. The van der Waals surface area contributed by atoms with Gasteiger partial charge >= 0.3 is 11.9 Å². The molecule has 68 heavy (non-hydrogen) atoms. The minimum absolute atomic E-state index is 0.0671. The van der Waals surface area contributed by atoms with Gasteiger partial charge in [-0.1, -0.05) is 261 Å². The number of esters is 2. The van der Waals surface area contributed by atoms with Crippen LogP contribution in [0, 0.1) is 0 Å². The monoisotopic (exact) mass is 949 g/mol. The molecule has 0 radical (unpaired) electrons. The molecule has 0 amide bonds. The summed E-state index contributed by atoms with van der Waals surface area (Å²) in [5, 5.41) is 0. The second kappa shape index (κ2) is 58.7. The zero-order chi connectivity index (χ0) is 49.2. The van der Waals surface area contributed by atoms with Crippen LogP contribution in [0.25, 0.3) is 0 Å². The van der Waals surface area contributed by atoms with E-state index in [0.717, 1.165) is 77.0 Å². The van der Waals surface area contributed by atoms with E-state index in [1.807, 2.05) is 0 Å². The molecule has 0 saturated heterocycles. The van der Waals surface area contributed by atoms with Crippen molar-refractivity contribution in [2.24, 2.45) is 0 Å². The highest BCUT2D eigenvalue weighted by Crippen LogP contribution is 2.16. The van der Waals surface area contributed by atoms with Crippen molar-refractivity contribution in [2.45, 2.75) is 297 Å². The number of carbonyl (C=O) groups is 2. The Hall–Kier alpha value is -2.66. The van der Waals surface area contributed by atoms with Crippen LogP contribution in [0.4, 0.5) is 0 Å². The van der Waals surface area contributed by atoms with Crippen LogP contribution in [0.5, 0.6) is 0 Å². The van der Waals surface area contributed by atoms with Crippen molar-refractivity contribution in [1.29, 1.82) is 0 Å². The lowest BCUT2D eigenvalue weighted by atomic mass is 10.0. The Bertz CT molecular complexity index is 1210. The van der Waals surface area contributed by atoms with E-state index in [1.54, 1.807) is 0 Å². The third-order valence-electron chi connectivity index (χ3n) is 12.7. The maximum Gasteiger partial charge on any atom is 0.306 e. The molecule has 5 nitrogen and oxygen atoms in total. The number of rotatable bonds is 54. The smallest absolute Gasteiger partial charge is 0.306 e. The molecule has 0 N–H and O–H groups in total.